The first kappa shape index (κ1) is 21.8. The summed E-state index contributed by atoms with van der Waals surface area (Å²) >= 11 is 1.55. The maximum absolute atomic E-state index is 5.77. The van der Waals surface area contributed by atoms with E-state index in [2.05, 4.69) is 15.1 Å². The third-order valence-electron chi connectivity index (χ3n) is 5.19. The fourth-order valence-corrected chi connectivity index (χ4v) is 4.26. The SMILES string of the molecule is COc1cc(-c2noc(-c3ccc(CSc4nc5ccccc5o4)cc3)n2)cc(OC)c1OC. The van der Waals surface area contributed by atoms with Crippen LogP contribution in [0.4, 0.5) is 0 Å². The zero-order valence-electron chi connectivity index (χ0n) is 18.8. The first-order valence-corrected chi connectivity index (χ1v) is 11.4. The van der Waals surface area contributed by atoms with E-state index in [9.17, 15) is 0 Å². The lowest BCUT2D eigenvalue weighted by Gasteiger charge is -2.12. The minimum Gasteiger partial charge on any atom is -0.493 e. The van der Waals surface area contributed by atoms with Gasteiger partial charge < -0.3 is 23.2 Å². The number of ether oxygens (including phenoxy) is 3. The van der Waals surface area contributed by atoms with Crippen LogP contribution in [0.1, 0.15) is 5.56 Å². The van der Waals surface area contributed by atoms with Crippen LogP contribution in [0.15, 0.2) is 74.8 Å². The summed E-state index contributed by atoms with van der Waals surface area (Å²) < 4.78 is 27.5. The first-order valence-electron chi connectivity index (χ1n) is 10.4. The molecule has 0 radical (unpaired) electrons. The average molecular weight is 476 g/mol. The van der Waals surface area contributed by atoms with Gasteiger partial charge in [-0.2, -0.15) is 4.98 Å². The van der Waals surface area contributed by atoms with Gasteiger partial charge in [-0.3, -0.25) is 0 Å². The molecule has 8 nitrogen and oxygen atoms in total. The summed E-state index contributed by atoms with van der Waals surface area (Å²) in [6.07, 6.45) is 0. The van der Waals surface area contributed by atoms with Crippen LogP contribution in [-0.4, -0.2) is 36.5 Å². The van der Waals surface area contributed by atoms with Gasteiger partial charge in [-0.1, -0.05) is 41.2 Å². The number of aromatic nitrogens is 3. The highest BCUT2D eigenvalue weighted by molar-refractivity contribution is 7.98. The predicted molar refractivity (Wildman–Crippen MR) is 128 cm³/mol. The molecule has 0 aliphatic carbocycles. The van der Waals surface area contributed by atoms with Crippen molar-refractivity contribution in [3.63, 3.8) is 0 Å². The van der Waals surface area contributed by atoms with Gasteiger partial charge in [0, 0.05) is 16.9 Å². The van der Waals surface area contributed by atoms with Crippen LogP contribution >= 0.6 is 11.8 Å². The van der Waals surface area contributed by atoms with E-state index in [-0.39, 0.29) is 0 Å². The normalized spacial score (nSPS) is 11.0. The monoisotopic (exact) mass is 475 g/mol. The molecule has 0 unspecified atom stereocenters. The second kappa shape index (κ2) is 9.48. The molecule has 34 heavy (non-hydrogen) atoms. The quantitative estimate of drug-likeness (QED) is 0.256. The highest BCUT2D eigenvalue weighted by Crippen LogP contribution is 2.40. The Bertz CT molecular complexity index is 1370. The maximum atomic E-state index is 5.77. The smallest absolute Gasteiger partial charge is 0.258 e. The molecule has 0 saturated heterocycles. The Labute approximate surface area is 199 Å². The minimum atomic E-state index is 0.418. The molecule has 0 saturated carbocycles. The molecule has 5 rings (SSSR count). The van der Waals surface area contributed by atoms with E-state index in [0.717, 1.165) is 28.0 Å². The molecule has 0 atom stereocenters. The molecule has 0 aliphatic heterocycles. The number of hydrogen-bond donors (Lipinski definition) is 0. The molecule has 0 aliphatic rings. The van der Waals surface area contributed by atoms with Crippen LogP contribution in [0.2, 0.25) is 0 Å². The lowest BCUT2D eigenvalue weighted by atomic mass is 10.1. The Morgan fingerprint density at radius 3 is 2.24 bits per heavy atom. The van der Waals surface area contributed by atoms with Gasteiger partial charge in [-0.05, 0) is 42.0 Å². The molecule has 2 heterocycles. The number of rotatable bonds is 8. The van der Waals surface area contributed by atoms with E-state index in [1.165, 1.54) is 0 Å². The van der Waals surface area contributed by atoms with Gasteiger partial charge in [-0.25, -0.2) is 4.98 Å². The summed E-state index contributed by atoms with van der Waals surface area (Å²) in [5.74, 6) is 3.11. The minimum absolute atomic E-state index is 0.418. The number of para-hydroxylation sites is 2. The van der Waals surface area contributed by atoms with Crippen molar-refractivity contribution >= 4 is 22.9 Å². The number of oxazole rings is 1. The third-order valence-corrected chi connectivity index (χ3v) is 6.09. The standard InChI is InChI=1S/C25H21N3O5S/c1-29-20-12-17(13-21(30-2)22(20)31-3)23-27-24(33-28-23)16-10-8-15(9-11-16)14-34-25-26-18-6-4-5-7-19(18)32-25/h4-13H,14H2,1-3H3. The fourth-order valence-electron chi connectivity index (χ4n) is 3.47. The fraction of sp³-hybridized carbons (Fsp3) is 0.160. The Morgan fingerprint density at radius 1 is 0.824 bits per heavy atom. The molecule has 172 valence electrons. The Kier molecular flexibility index (Phi) is 6.09. The molecular weight excluding hydrogens is 454 g/mol. The number of thioether (sulfide) groups is 1. The van der Waals surface area contributed by atoms with Gasteiger partial charge in [0.25, 0.3) is 11.1 Å². The van der Waals surface area contributed by atoms with Crippen molar-refractivity contribution in [3.05, 3.63) is 66.2 Å². The average Bonchev–Trinajstić information content (AvgIpc) is 3.54. The molecule has 0 bridgehead atoms. The molecule has 0 fully saturated rings. The van der Waals surface area contributed by atoms with Crippen molar-refractivity contribution in [1.82, 2.24) is 15.1 Å². The van der Waals surface area contributed by atoms with Crippen LogP contribution in [0.3, 0.4) is 0 Å². The van der Waals surface area contributed by atoms with Gasteiger partial charge in [0.1, 0.15) is 5.52 Å². The molecule has 9 heteroatoms. The second-order valence-corrected chi connectivity index (χ2v) is 8.20. The number of benzene rings is 3. The third kappa shape index (κ3) is 4.29. The summed E-state index contributed by atoms with van der Waals surface area (Å²) in [5, 5.41) is 4.78. The van der Waals surface area contributed by atoms with Crippen LogP contribution in [0, 0.1) is 0 Å². The van der Waals surface area contributed by atoms with E-state index >= 15 is 0 Å². The van der Waals surface area contributed by atoms with Crippen molar-refractivity contribution in [2.45, 2.75) is 11.0 Å². The van der Waals surface area contributed by atoms with Crippen LogP contribution < -0.4 is 14.2 Å². The summed E-state index contributed by atoms with van der Waals surface area (Å²) in [6.45, 7) is 0. The predicted octanol–water partition coefficient (Wildman–Crippen LogP) is 5.86. The van der Waals surface area contributed by atoms with E-state index < -0.39 is 0 Å². The Hall–Kier alpha value is -3.98. The van der Waals surface area contributed by atoms with Gasteiger partial charge in [0.05, 0.1) is 21.3 Å². The van der Waals surface area contributed by atoms with E-state index in [4.69, 9.17) is 23.2 Å². The summed E-state index contributed by atoms with van der Waals surface area (Å²) in [5.41, 5.74) is 4.29. The summed E-state index contributed by atoms with van der Waals surface area (Å²) in [6, 6.07) is 19.2. The molecule has 5 aromatic rings. The number of fused-ring (bicyclic) bond motifs is 1. The lowest BCUT2D eigenvalue weighted by Crippen LogP contribution is -1.96. The van der Waals surface area contributed by atoms with Crippen LogP contribution in [0.5, 0.6) is 17.2 Å². The second-order valence-electron chi connectivity index (χ2n) is 7.27. The zero-order valence-corrected chi connectivity index (χ0v) is 19.6. The van der Waals surface area contributed by atoms with Crippen molar-refractivity contribution < 1.29 is 23.2 Å². The highest BCUT2D eigenvalue weighted by atomic mass is 32.2. The Morgan fingerprint density at radius 2 is 1.56 bits per heavy atom. The largest absolute Gasteiger partial charge is 0.493 e. The lowest BCUT2D eigenvalue weighted by molar-refractivity contribution is 0.324. The van der Waals surface area contributed by atoms with E-state index in [1.54, 1.807) is 45.2 Å². The van der Waals surface area contributed by atoms with E-state index in [0.29, 0.717) is 39.7 Å². The van der Waals surface area contributed by atoms with E-state index in [1.807, 2.05) is 48.5 Å². The summed E-state index contributed by atoms with van der Waals surface area (Å²) in [4.78, 5) is 9.04. The van der Waals surface area contributed by atoms with Crippen molar-refractivity contribution in [1.29, 1.82) is 0 Å². The van der Waals surface area contributed by atoms with Gasteiger partial charge in [0.2, 0.25) is 11.6 Å². The number of methoxy groups -OCH3 is 3. The van der Waals surface area contributed by atoms with Crippen LogP contribution in [0.25, 0.3) is 33.9 Å². The van der Waals surface area contributed by atoms with Crippen molar-refractivity contribution in [3.8, 4) is 40.1 Å². The van der Waals surface area contributed by atoms with Gasteiger partial charge in [-0.15, -0.1) is 0 Å². The highest BCUT2D eigenvalue weighted by Gasteiger charge is 2.18. The molecule has 2 aromatic heterocycles. The molecule has 0 spiro atoms. The Balaban J connectivity index is 1.31. The first-order chi connectivity index (χ1) is 16.7. The maximum Gasteiger partial charge on any atom is 0.258 e. The topological polar surface area (TPSA) is 92.6 Å². The molecular formula is C25H21N3O5S. The van der Waals surface area contributed by atoms with Crippen LogP contribution in [-0.2, 0) is 5.75 Å². The summed E-state index contributed by atoms with van der Waals surface area (Å²) in [7, 11) is 4.68. The van der Waals surface area contributed by atoms with Crippen molar-refractivity contribution in [2.75, 3.05) is 21.3 Å². The zero-order chi connectivity index (χ0) is 23.5. The molecule has 0 N–H and O–H groups in total. The molecule has 3 aromatic carbocycles. The van der Waals surface area contributed by atoms with Crippen molar-refractivity contribution in [2.24, 2.45) is 0 Å². The van der Waals surface area contributed by atoms with Gasteiger partial charge >= 0.3 is 0 Å². The number of nitrogens with zero attached hydrogens (tertiary/aromatic N) is 3. The number of hydrogen-bond acceptors (Lipinski definition) is 9. The van der Waals surface area contributed by atoms with Gasteiger partial charge in [0.15, 0.2) is 17.1 Å². The molecule has 0 amide bonds.